The summed E-state index contributed by atoms with van der Waals surface area (Å²) in [6.45, 7) is -0.288. The highest BCUT2D eigenvalue weighted by molar-refractivity contribution is 7.87. The lowest BCUT2D eigenvalue weighted by Crippen LogP contribution is -2.40. The molecule has 12 heteroatoms. The van der Waals surface area contributed by atoms with Gasteiger partial charge in [0.2, 0.25) is 0 Å². The molecule has 0 N–H and O–H groups in total. The van der Waals surface area contributed by atoms with Crippen LogP contribution in [-0.2, 0) is 29.2 Å². The molecular formula is C13H17F4O7S-. The van der Waals surface area contributed by atoms with Crippen molar-refractivity contribution in [1.29, 1.82) is 0 Å². The van der Waals surface area contributed by atoms with E-state index in [0.717, 1.165) is 0 Å². The summed E-state index contributed by atoms with van der Waals surface area (Å²) >= 11 is 0. The maximum Gasteiger partial charge on any atom is 0.428 e. The van der Waals surface area contributed by atoms with E-state index in [1.807, 2.05) is 0 Å². The average Bonchev–Trinajstić information content (AvgIpc) is 2.49. The number of hydrogen-bond donors (Lipinski definition) is 0. The topological polar surface area (TPSA) is 110 Å². The van der Waals surface area contributed by atoms with Gasteiger partial charge in [-0.25, -0.2) is 18.0 Å². The van der Waals surface area contributed by atoms with Crippen LogP contribution in [0.2, 0.25) is 0 Å². The number of ether oxygens (including phenoxy) is 2. The Balaban J connectivity index is 2.36. The summed E-state index contributed by atoms with van der Waals surface area (Å²) in [4.78, 5) is 22.0. The Hall–Kier alpha value is -1.43. The molecule has 0 spiro atoms. The lowest BCUT2D eigenvalue weighted by Gasteiger charge is -2.28. The Morgan fingerprint density at radius 3 is 1.64 bits per heavy atom. The van der Waals surface area contributed by atoms with Gasteiger partial charge < -0.3 is 14.0 Å². The summed E-state index contributed by atoms with van der Waals surface area (Å²) in [6.07, 6.45) is 1.57. The number of carbonyl (C=O) groups excluding carboxylic acids is 2. The van der Waals surface area contributed by atoms with Gasteiger partial charge in [0.1, 0.15) is 0 Å². The molecule has 0 aromatic carbocycles. The van der Waals surface area contributed by atoms with Crippen LogP contribution in [0.4, 0.5) is 17.6 Å². The van der Waals surface area contributed by atoms with E-state index >= 15 is 0 Å². The minimum Gasteiger partial charge on any atom is -0.743 e. The molecule has 0 unspecified atom stereocenters. The Morgan fingerprint density at radius 2 is 1.32 bits per heavy atom. The molecule has 0 amide bonds. The van der Waals surface area contributed by atoms with E-state index in [9.17, 15) is 40.1 Å². The standard InChI is InChI=1S/C13H18F4O7S/c1-12(14,15)10(18)23-6-8-2-4-9(5-3-8)7-24-11(19)13(16,17)25(20,21)22/h8-9H,2-7H2,1H3,(H,20,21,22)/p-1. The first-order valence-corrected chi connectivity index (χ1v) is 8.71. The van der Waals surface area contributed by atoms with E-state index in [4.69, 9.17) is 0 Å². The smallest absolute Gasteiger partial charge is 0.428 e. The van der Waals surface area contributed by atoms with Crippen LogP contribution in [0.5, 0.6) is 0 Å². The molecule has 0 aromatic rings. The Kier molecular flexibility index (Phi) is 6.79. The highest BCUT2D eigenvalue weighted by atomic mass is 32.2. The van der Waals surface area contributed by atoms with Crippen LogP contribution in [0.25, 0.3) is 0 Å². The molecule has 25 heavy (non-hydrogen) atoms. The largest absolute Gasteiger partial charge is 0.743 e. The van der Waals surface area contributed by atoms with Gasteiger partial charge >= 0.3 is 23.1 Å². The van der Waals surface area contributed by atoms with Crippen LogP contribution < -0.4 is 0 Å². The van der Waals surface area contributed by atoms with Crippen molar-refractivity contribution in [2.24, 2.45) is 11.8 Å². The third-order valence-corrected chi connectivity index (χ3v) is 4.57. The number of hydrogen-bond acceptors (Lipinski definition) is 7. The van der Waals surface area contributed by atoms with Crippen LogP contribution in [-0.4, -0.2) is 49.3 Å². The molecule has 1 fully saturated rings. The minimum atomic E-state index is -6.16. The molecule has 0 aromatic heterocycles. The summed E-state index contributed by atoms with van der Waals surface area (Å²) < 4.78 is 90.7. The first-order valence-electron chi connectivity index (χ1n) is 7.30. The molecule has 0 heterocycles. The van der Waals surface area contributed by atoms with Gasteiger partial charge in [-0.1, -0.05) is 0 Å². The van der Waals surface area contributed by atoms with Gasteiger partial charge in [0.15, 0.2) is 10.1 Å². The molecule has 0 atom stereocenters. The highest BCUT2D eigenvalue weighted by Crippen LogP contribution is 2.30. The van der Waals surface area contributed by atoms with Gasteiger partial charge in [-0.05, 0) is 37.5 Å². The molecule has 1 aliphatic rings. The van der Waals surface area contributed by atoms with Crippen molar-refractivity contribution >= 4 is 22.1 Å². The molecule has 1 rings (SSSR count). The maximum absolute atomic E-state index is 12.9. The summed E-state index contributed by atoms with van der Waals surface area (Å²) in [6, 6.07) is 0. The summed E-state index contributed by atoms with van der Waals surface area (Å²) in [7, 11) is -6.16. The molecule has 1 aliphatic carbocycles. The minimum absolute atomic E-state index is 0.193. The Morgan fingerprint density at radius 1 is 0.960 bits per heavy atom. The number of halogens is 4. The number of esters is 2. The van der Waals surface area contributed by atoms with Gasteiger partial charge in [0, 0.05) is 6.92 Å². The summed E-state index contributed by atoms with van der Waals surface area (Å²) in [5.74, 6) is -8.19. The molecule has 0 saturated heterocycles. The fourth-order valence-corrected chi connectivity index (χ4v) is 2.53. The van der Waals surface area contributed by atoms with Gasteiger partial charge in [-0.2, -0.15) is 17.6 Å². The maximum atomic E-state index is 12.9. The first kappa shape index (κ1) is 21.6. The SMILES string of the molecule is CC(F)(F)C(=O)OCC1CCC(COC(=O)C(F)(F)S(=O)(=O)[O-])CC1. The normalized spacial score (nSPS) is 22.3. The zero-order valence-electron chi connectivity index (χ0n) is 13.2. The quantitative estimate of drug-likeness (QED) is 0.368. The van der Waals surface area contributed by atoms with Gasteiger partial charge in [-0.3, -0.25) is 0 Å². The predicted octanol–water partition coefficient (Wildman–Crippen LogP) is 1.67. The van der Waals surface area contributed by atoms with Crippen molar-refractivity contribution < 1.29 is 49.6 Å². The molecule has 146 valence electrons. The molecule has 0 bridgehead atoms. The van der Waals surface area contributed by atoms with Gasteiger partial charge in [0.05, 0.1) is 13.2 Å². The second-order valence-corrected chi connectivity index (χ2v) is 7.36. The lowest BCUT2D eigenvalue weighted by atomic mass is 9.83. The second kappa shape index (κ2) is 7.85. The van der Waals surface area contributed by atoms with E-state index in [-0.39, 0.29) is 18.4 Å². The zero-order valence-corrected chi connectivity index (χ0v) is 14.0. The number of carbonyl (C=O) groups is 2. The van der Waals surface area contributed by atoms with Crippen LogP contribution >= 0.6 is 0 Å². The predicted molar refractivity (Wildman–Crippen MR) is 72.6 cm³/mol. The lowest BCUT2D eigenvalue weighted by molar-refractivity contribution is -0.171. The van der Waals surface area contributed by atoms with Crippen molar-refractivity contribution in [3.8, 4) is 0 Å². The highest BCUT2D eigenvalue weighted by Gasteiger charge is 2.48. The van der Waals surface area contributed by atoms with Crippen molar-refractivity contribution in [2.45, 2.75) is 43.8 Å². The van der Waals surface area contributed by atoms with Gasteiger partial charge in [-0.15, -0.1) is 0 Å². The van der Waals surface area contributed by atoms with Crippen molar-refractivity contribution in [2.75, 3.05) is 13.2 Å². The van der Waals surface area contributed by atoms with Crippen LogP contribution in [0, 0.1) is 11.8 Å². The van der Waals surface area contributed by atoms with Crippen LogP contribution in [0.3, 0.4) is 0 Å². The van der Waals surface area contributed by atoms with Crippen molar-refractivity contribution in [3.63, 3.8) is 0 Å². The zero-order chi connectivity index (χ0) is 19.5. The fraction of sp³-hybridized carbons (Fsp3) is 0.846. The third kappa shape index (κ3) is 6.10. The monoisotopic (exact) mass is 393 g/mol. The number of rotatable bonds is 7. The fourth-order valence-electron chi connectivity index (χ4n) is 2.26. The first-order chi connectivity index (χ1) is 11.2. The van der Waals surface area contributed by atoms with E-state index < -0.39 is 39.8 Å². The van der Waals surface area contributed by atoms with Gasteiger partial charge in [0.25, 0.3) is 0 Å². The van der Waals surface area contributed by atoms with Crippen molar-refractivity contribution in [3.05, 3.63) is 0 Å². The third-order valence-electron chi connectivity index (χ3n) is 3.78. The summed E-state index contributed by atoms with van der Waals surface area (Å²) in [5.41, 5.74) is 0. The summed E-state index contributed by atoms with van der Waals surface area (Å²) in [5, 5.41) is -5.15. The molecule has 7 nitrogen and oxygen atoms in total. The second-order valence-electron chi connectivity index (χ2n) is 5.94. The van der Waals surface area contributed by atoms with E-state index in [1.165, 1.54) is 0 Å². The average molecular weight is 393 g/mol. The Labute approximate surface area is 141 Å². The molecule has 0 aliphatic heterocycles. The van der Waals surface area contributed by atoms with Crippen molar-refractivity contribution in [1.82, 2.24) is 0 Å². The molecule has 1 saturated carbocycles. The molecule has 0 radical (unpaired) electrons. The van der Waals surface area contributed by atoms with E-state index in [1.54, 1.807) is 0 Å². The van der Waals surface area contributed by atoms with E-state index in [2.05, 4.69) is 9.47 Å². The van der Waals surface area contributed by atoms with E-state index in [0.29, 0.717) is 32.6 Å². The Bertz CT molecular complexity index is 592. The number of alkyl halides is 4. The molecular weight excluding hydrogens is 376 g/mol. The van der Waals surface area contributed by atoms with Crippen LogP contribution in [0.15, 0.2) is 0 Å². The van der Waals surface area contributed by atoms with Crippen LogP contribution in [0.1, 0.15) is 32.6 Å².